The normalized spacial score (nSPS) is 19.3. The summed E-state index contributed by atoms with van der Waals surface area (Å²) in [5, 5.41) is 9.08. The van der Waals surface area contributed by atoms with Crippen molar-refractivity contribution in [3.8, 4) is 0 Å². The molecule has 20 heavy (non-hydrogen) atoms. The van der Waals surface area contributed by atoms with E-state index >= 15 is 0 Å². The molecule has 6 heteroatoms. The molecule has 4 nitrogen and oxygen atoms in total. The number of carboxylic acid groups (broad SMARTS) is 1. The predicted octanol–water partition coefficient (Wildman–Crippen LogP) is 3.82. The highest BCUT2D eigenvalue weighted by atomic mass is 19.3. The molecule has 0 bridgehead atoms. The van der Waals surface area contributed by atoms with E-state index in [0.29, 0.717) is 24.2 Å². The summed E-state index contributed by atoms with van der Waals surface area (Å²) in [6, 6.07) is 4.69. The smallest absolute Gasteiger partial charge is 0.339 e. The van der Waals surface area contributed by atoms with E-state index in [1.54, 1.807) is 12.1 Å². The Morgan fingerprint density at radius 2 is 2.05 bits per heavy atom. The second kappa shape index (κ2) is 4.54. The van der Waals surface area contributed by atoms with E-state index in [0.717, 1.165) is 0 Å². The van der Waals surface area contributed by atoms with Crippen molar-refractivity contribution in [2.24, 2.45) is 0 Å². The molecule has 1 N–H and O–H groups in total. The lowest BCUT2D eigenvalue weighted by atomic mass is 9.87. The Balaban J connectivity index is 1.94. The van der Waals surface area contributed by atoms with E-state index in [1.165, 1.54) is 6.07 Å². The minimum Gasteiger partial charge on any atom is -0.478 e. The van der Waals surface area contributed by atoms with Crippen LogP contribution in [0.15, 0.2) is 22.6 Å². The van der Waals surface area contributed by atoms with Gasteiger partial charge < -0.3 is 9.52 Å². The van der Waals surface area contributed by atoms with Crippen molar-refractivity contribution in [1.82, 2.24) is 4.98 Å². The molecule has 2 aromatic rings. The molecule has 1 aromatic heterocycles. The number of rotatable bonds is 2. The van der Waals surface area contributed by atoms with Crippen molar-refractivity contribution in [2.45, 2.75) is 37.5 Å². The summed E-state index contributed by atoms with van der Waals surface area (Å²) in [7, 11) is 0. The molecule has 1 aromatic carbocycles. The van der Waals surface area contributed by atoms with Gasteiger partial charge in [0.15, 0.2) is 11.5 Å². The topological polar surface area (TPSA) is 63.3 Å². The Labute approximate surface area is 113 Å². The van der Waals surface area contributed by atoms with Gasteiger partial charge in [0.05, 0.1) is 0 Å². The van der Waals surface area contributed by atoms with Crippen molar-refractivity contribution in [3.05, 3.63) is 29.7 Å². The van der Waals surface area contributed by atoms with Gasteiger partial charge in [-0.3, -0.25) is 0 Å². The van der Waals surface area contributed by atoms with Crippen LogP contribution in [0.4, 0.5) is 8.78 Å². The van der Waals surface area contributed by atoms with Crippen molar-refractivity contribution >= 4 is 17.1 Å². The van der Waals surface area contributed by atoms with E-state index < -0.39 is 11.9 Å². The number of nitrogens with zero attached hydrogens (tertiary/aromatic N) is 1. The monoisotopic (exact) mass is 281 g/mol. The summed E-state index contributed by atoms with van der Waals surface area (Å²) in [6.45, 7) is 0. The quantitative estimate of drug-likeness (QED) is 0.908. The minimum atomic E-state index is -2.60. The van der Waals surface area contributed by atoms with Crippen LogP contribution < -0.4 is 0 Å². The van der Waals surface area contributed by atoms with E-state index in [4.69, 9.17) is 9.52 Å². The number of halogens is 2. The Morgan fingerprint density at radius 3 is 2.70 bits per heavy atom. The van der Waals surface area contributed by atoms with E-state index in [1.807, 2.05) is 0 Å². The molecule has 3 rings (SSSR count). The van der Waals surface area contributed by atoms with Crippen molar-refractivity contribution in [1.29, 1.82) is 0 Å². The third-order valence-electron chi connectivity index (χ3n) is 3.73. The number of oxazole rings is 1. The average molecular weight is 281 g/mol. The first kappa shape index (κ1) is 13.0. The predicted molar refractivity (Wildman–Crippen MR) is 67.1 cm³/mol. The van der Waals surface area contributed by atoms with Gasteiger partial charge in [0.2, 0.25) is 5.92 Å². The first-order valence-electron chi connectivity index (χ1n) is 6.47. The molecular weight excluding hydrogens is 268 g/mol. The molecule has 1 aliphatic carbocycles. The Hall–Kier alpha value is -1.98. The SMILES string of the molecule is O=C(O)c1cccc2nc(C3CCC(F)(F)CC3)oc12. The van der Waals surface area contributed by atoms with Crippen molar-refractivity contribution in [3.63, 3.8) is 0 Å². The summed E-state index contributed by atoms with van der Waals surface area (Å²) in [5.74, 6) is -3.49. The Morgan fingerprint density at radius 1 is 1.35 bits per heavy atom. The van der Waals surface area contributed by atoms with Crippen LogP contribution in [0.2, 0.25) is 0 Å². The van der Waals surface area contributed by atoms with Crippen LogP contribution in [0.5, 0.6) is 0 Å². The number of hydrogen-bond donors (Lipinski definition) is 1. The Bertz CT molecular complexity index is 655. The molecule has 0 amide bonds. The van der Waals surface area contributed by atoms with Crippen LogP contribution in [0.3, 0.4) is 0 Å². The molecule has 1 saturated carbocycles. The van der Waals surface area contributed by atoms with Crippen LogP contribution >= 0.6 is 0 Å². The zero-order valence-electron chi connectivity index (χ0n) is 10.6. The van der Waals surface area contributed by atoms with E-state index in [-0.39, 0.29) is 29.9 Å². The molecule has 1 aliphatic rings. The lowest BCUT2D eigenvalue weighted by Gasteiger charge is -2.26. The first-order chi connectivity index (χ1) is 9.46. The fourth-order valence-electron chi connectivity index (χ4n) is 2.60. The number of alkyl halides is 2. The molecule has 1 fully saturated rings. The summed E-state index contributed by atoms with van der Waals surface area (Å²) in [6.07, 6.45) is 0.259. The number of carboxylic acids is 1. The number of carbonyl (C=O) groups is 1. The van der Waals surface area contributed by atoms with Crippen molar-refractivity contribution in [2.75, 3.05) is 0 Å². The minimum absolute atomic E-state index is 0.0439. The number of fused-ring (bicyclic) bond motifs is 1. The fourth-order valence-corrected chi connectivity index (χ4v) is 2.60. The third-order valence-corrected chi connectivity index (χ3v) is 3.73. The average Bonchev–Trinajstić information content (AvgIpc) is 2.81. The summed E-state index contributed by atoms with van der Waals surface area (Å²) >= 11 is 0. The van der Waals surface area contributed by atoms with E-state index in [2.05, 4.69) is 4.98 Å². The highest BCUT2D eigenvalue weighted by Crippen LogP contribution is 2.41. The second-order valence-electron chi connectivity index (χ2n) is 5.14. The maximum absolute atomic E-state index is 13.1. The van der Waals surface area contributed by atoms with Crippen molar-refractivity contribution < 1.29 is 23.1 Å². The third kappa shape index (κ3) is 2.26. The molecule has 1 heterocycles. The van der Waals surface area contributed by atoms with Crippen LogP contribution in [-0.4, -0.2) is 22.0 Å². The highest BCUT2D eigenvalue weighted by Gasteiger charge is 2.37. The van der Waals surface area contributed by atoms with Crippen LogP contribution in [0.25, 0.3) is 11.1 Å². The van der Waals surface area contributed by atoms with Gasteiger partial charge in [-0.2, -0.15) is 0 Å². The van der Waals surface area contributed by atoms with Gasteiger partial charge in [-0.1, -0.05) is 6.07 Å². The maximum atomic E-state index is 13.1. The highest BCUT2D eigenvalue weighted by molar-refractivity contribution is 5.99. The summed E-state index contributed by atoms with van der Waals surface area (Å²) in [4.78, 5) is 15.4. The van der Waals surface area contributed by atoms with Gasteiger partial charge in [0, 0.05) is 18.8 Å². The largest absolute Gasteiger partial charge is 0.478 e. The lowest BCUT2D eigenvalue weighted by Crippen LogP contribution is -2.23. The molecule has 0 atom stereocenters. The number of aromatic carboxylic acids is 1. The molecule has 0 unspecified atom stereocenters. The zero-order valence-corrected chi connectivity index (χ0v) is 10.6. The van der Waals surface area contributed by atoms with Gasteiger partial charge in [-0.25, -0.2) is 18.6 Å². The number of para-hydroxylation sites is 1. The van der Waals surface area contributed by atoms with Gasteiger partial charge in [-0.05, 0) is 25.0 Å². The summed E-state index contributed by atoms with van der Waals surface area (Å²) in [5.41, 5.74) is 0.715. The van der Waals surface area contributed by atoms with Crippen LogP contribution in [0.1, 0.15) is 47.8 Å². The van der Waals surface area contributed by atoms with Crippen LogP contribution in [-0.2, 0) is 0 Å². The molecule has 0 aliphatic heterocycles. The lowest BCUT2D eigenvalue weighted by molar-refractivity contribution is -0.0397. The van der Waals surface area contributed by atoms with Gasteiger partial charge in [-0.15, -0.1) is 0 Å². The molecule has 0 spiro atoms. The molecular formula is C14H13F2NO3. The Kier molecular flexibility index (Phi) is 2.96. The number of hydrogen-bond acceptors (Lipinski definition) is 3. The zero-order chi connectivity index (χ0) is 14.3. The molecule has 0 radical (unpaired) electrons. The van der Waals surface area contributed by atoms with Crippen LogP contribution in [0, 0.1) is 0 Å². The standard InChI is InChI=1S/C14H13F2NO3/c15-14(16)6-4-8(5-7-14)12-17-10-3-1-2-9(13(18)19)11(10)20-12/h1-3,8H,4-7H2,(H,18,19). The number of benzene rings is 1. The van der Waals surface area contributed by atoms with Gasteiger partial charge >= 0.3 is 5.97 Å². The maximum Gasteiger partial charge on any atom is 0.339 e. The first-order valence-corrected chi connectivity index (χ1v) is 6.47. The van der Waals surface area contributed by atoms with E-state index in [9.17, 15) is 13.6 Å². The molecule has 0 saturated heterocycles. The number of aromatic nitrogens is 1. The molecule has 106 valence electrons. The second-order valence-corrected chi connectivity index (χ2v) is 5.14. The summed E-state index contributed by atoms with van der Waals surface area (Å²) < 4.78 is 31.8. The van der Waals surface area contributed by atoms with Gasteiger partial charge in [0.25, 0.3) is 0 Å². The fraction of sp³-hybridized carbons (Fsp3) is 0.429. The van der Waals surface area contributed by atoms with Gasteiger partial charge in [0.1, 0.15) is 11.1 Å².